The van der Waals surface area contributed by atoms with Crippen molar-refractivity contribution in [3.63, 3.8) is 0 Å². The Hall–Kier alpha value is -2.94. The smallest absolute Gasteiger partial charge is 0.408 e. The number of amides is 1. The zero-order valence-corrected chi connectivity index (χ0v) is 20.8. The van der Waals surface area contributed by atoms with E-state index in [0.717, 1.165) is 11.1 Å². The molecule has 8 nitrogen and oxygen atoms in total. The van der Waals surface area contributed by atoms with E-state index in [9.17, 15) is 9.59 Å². The number of carbonyl (C=O) groups is 2. The molecule has 0 saturated carbocycles. The summed E-state index contributed by atoms with van der Waals surface area (Å²) in [5, 5.41) is 2.54. The van der Waals surface area contributed by atoms with E-state index in [4.69, 9.17) is 23.7 Å². The van der Waals surface area contributed by atoms with Gasteiger partial charge in [-0.2, -0.15) is 0 Å². The molecule has 0 aromatic heterocycles. The van der Waals surface area contributed by atoms with Gasteiger partial charge in [-0.1, -0.05) is 60.7 Å². The molecule has 2 aromatic rings. The molecule has 4 atom stereocenters. The maximum Gasteiger partial charge on any atom is 0.408 e. The molecule has 1 heterocycles. The SMILES string of the molecule is C[C@H]1OC(=O)[C@@H](NC(=O)OC(C)(C)C)COC[C@H](OCc2ccccc2)[C@H]1OCc1ccccc1. The van der Waals surface area contributed by atoms with Crippen LogP contribution in [0.3, 0.4) is 0 Å². The van der Waals surface area contributed by atoms with E-state index in [1.165, 1.54) is 0 Å². The van der Waals surface area contributed by atoms with Gasteiger partial charge in [-0.25, -0.2) is 9.59 Å². The van der Waals surface area contributed by atoms with Crippen LogP contribution >= 0.6 is 0 Å². The number of esters is 1. The Labute approximate surface area is 206 Å². The first-order valence-electron chi connectivity index (χ1n) is 11.8. The lowest BCUT2D eigenvalue weighted by Gasteiger charge is -2.30. The van der Waals surface area contributed by atoms with Gasteiger partial charge in [0.05, 0.1) is 26.4 Å². The summed E-state index contributed by atoms with van der Waals surface area (Å²) in [4.78, 5) is 25.1. The van der Waals surface area contributed by atoms with Crippen molar-refractivity contribution in [1.29, 1.82) is 0 Å². The number of nitrogens with one attached hydrogen (secondary N) is 1. The highest BCUT2D eigenvalue weighted by Crippen LogP contribution is 2.20. The Balaban J connectivity index is 1.72. The molecule has 1 aliphatic heterocycles. The lowest BCUT2D eigenvalue weighted by Crippen LogP contribution is -2.48. The molecule has 0 unspecified atom stereocenters. The number of rotatable bonds is 7. The summed E-state index contributed by atoms with van der Waals surface area (Å²) < 4.78 is 29.2. The van der Waals surface area contributed by atoms with Crippen LogP contribution in [0.1, 0.15) is 38.8 Å². The normalized spacial score (nSPS) is 23.4. The van der Waals surface area contributed by atoms with Gasteiger partial charge in [0.15, 0.2) is 6.04 Å². The average molecular weight is 486 g/mol. The molecule has 0 aliphatic carbocycles. The minimum atomic E-state index is -1.02. The largest absolute Gasteiger partial charge is 0.458 e. The predicted octanol–water partition coefficient (Wildman–Crippen LogP) is 4.01. The number of alkyl carbamates (subject to hydrolysis) is 1. The van der Waals surface area contributed by atoms with Gasteiger partial charge in [0.2, 0.25) is 0 Å². The molecule has 35 heavy (non-hydrogen) atoms. The zero-order valence-electron chi connectivity index (χ0n) is 20.8. The molecular formula is C27H35NO7. The minimum absolute atomic E-state index is 0.0819. The monoisotopic (exact) mass is 485 g/mol. The van der Waals surface area contributed by atoms with Gasteiger partial charge in [0, 0.05) is 0 Å². The molecule has 1 fully saturated rings. The minimum Gasteiger partial charge on any atom is -0.458 e. The maximum absolute atomic E-state index is 12.9. The Morgan fingerprint density at radius 1 is 0.943 bits per heavy atom. The van der Waals surface area contributed by atoms with E-state index in [0.29, 0.717) is 13.2 Å². The third-order valence-electron chi connectivity index (χ3n) is 5.27. The first kappa shape index (κ1) is 26.7. The number of cyclic esters (lactones) is 1. The molecule has 3 rings (SSSR count). The van der Waals surface area contributed by atoms with Crippen molar-refractivity contribution in [2.75, 3.05) is 13.2 Å². The van der Waals surface area contributed by atoms with Crippen molar-refractivity contribution in [2.24, 2.45) is 0 Å². The van der Waals surface area contributed by atoms with Crippen LogP contribution in [0.2, 0.25) is 0 Å². The first-order valence-corrected chi connectivity index (χ1v) is 11.8. The zero-order chi connectivity index (χ0) is 25.3. The van der Waals surface area contributed by atoms with Crippen molar-refractivity contribution in [3.8, 4) is 0 Å². The lowest BCUT2D eigenvalue weighted by atomic mass is 10.1. The second kappa shape index (κ2) is 12.7. The fourth-order valence-corrected chi connectivity index (χ4v) is 3.58. The van der Waals surface area contributed by atoms with Gasteiger partial charge in [0.1, 0.15) is 23.9 Å². The highest BCUT2D eigenvalue weighted by molar-refractivity contribution is 5.81. The van der Waals surface area contributed by atoms with Crippen LogP contribution in [0.4, 0.5) is 4.79 Å². The van der Waals surface area contributed by atoms with Crippen molar-refractivity contribution in [1.82, 2.24) is 5.32 Å². The molecule has 8 heteroatoms. The molecule has 190 valence electrons. The van der Waals surface area contributed by atoms with Crippen LogP contribution in [0, 0.1) is 0 Å². The number of carbonyl (C=O) groups excluding carboxylic acids is 2. The van der Waals surface area contributed by atoms with Gasteiger partial charge in [-0.15, -0.1) is 0 Å². The number of hydrogen-bond donors (Lipinski definition) is 1. The van der Waals surface area contributed by atoms with Crippen molar-refractivity contribution >= 4 is 12.1 Å². The van der Waals surface area contributed by atoms with Gasteiger partial charge in [-0.05, 0) is 38.8 Å². The van der Waals surface area contributed by atoms with Crippen LogP contribution in [0.5, 0.6) is 0 Å². The molecule has 1 aliphatic rings. The molecule has 0 spiro atoms. The Morgan fingerprint density at radius 3 is 2.09 bits per heavy atom. The average Bonchev–Trinajstić information content (AvgIpc) is 2.85. The molecule has 1 saturated heterocycles. The molecule has 0 bridgehead atoms. The van der Waals surface area contributed by atoms with E-state index >= 15 is 0 Å². The second-order valence-corrected chi connectivity index (χ2v) is 9.47. The number of hydrogen-bond acceptors (Lipinski definition) is 7. The molecule has 1 amide bonds. The van der Waals surface area contributed by atoms with Crippen molar-refractivity contribution in [3.05, 3.63) is 71.8 Å². The third kappa shape index (κ3) is 8.98. The van der Waals surface area contributed by atoms with Crippen LogP contribution in [0.25, 0.3) is 0 Å². The standard InChI is InChI=1S/C27H35NO7/c1-19-24(33-16-21-13-9-6-10-14-21)23(32-15-20-11-7-5-8-12-20)18-31-17-22(25(29)34-19)28-26(30)35-27(2,3)4/h5-14,19,22-24H,15-18H2,1-4H3,(H,28,30)/t19-,22+,23+,24+/m1/s1. The van der Waals surface area contributed by atoms with Crippen LogP contribution in [0.15, 0.2) is 60.7 Å². The molecule has 1 N–H and O–H groups in total. The third-order valence-corrected chi connectivity index (χ3v) is 5.27. The lowest BCUT2D eigenvalue weighted by molar-refractivity contribution is -0.171. The van der Waals surface area contributed by atoms with E-state index in [-0.39, 0.29) is 13.2 Å². The Bertz CT molecular complexity index is 930. The summed E-state index contributed by atoms with van der Waals surface area (Å²) in [7, 11) is 0. The first-order chi connectivity index (χ1) is 16.7. The van der Waals surface area contributed by atoms with Crippen LogP contribution in [-0.2, 0) is 41.7 Å². The summed E-state index contributed by atoms with van der Waals surface area (Å²) in [6.07, 6.45) is -2.48. The number of benzene rings is 2. The van der Waals surface area contributed by atoms with Gasteiger partial charge in [0.25, 0.3) is 0 Å². The van der Waals surface area contributed by atoms with Crippen molar-refractivity contribution in [2.45, 2.75) is 70.9 Å². The number of ether oxygens (including phenoxy) is 5. The van der Waals surface area contributed by atoms with Crippen molar-refractivity contribution < 1.29 is 33.3 Å². The quantitative estimate of drug-likeness (QED) is 0.593. The van der Waals surface area contributed by atoms with E-state index in [2.05, 4.69) is 5.32 Å². The second-order valence-electron chi connectivity index (χ2n) is 9.47. The fraction of sp³-hybridized carbons (Fsp3) is 0.481. The van der Waals surface area contributed by atoms with Gasteiger partial charge >= 0.3 is 12.1 Å². The fourth-order valence-electron chi connectivity index (χ4n) is 3.58. The highest BCUT2D eigenvalue weighted by atomic mass is 16.6. The van der Waals surface area contributed by atoms with E-state index in [1.807, 2.05) is 60.7 Å². The van der Waals surface area contributed by atoms with Gasteiger partial charge < -0.3 is 29.0 Å². The predicted molar refractivity (Wildman–Crippen MR) is 130 cm³/mol. The molecule has 2 aromatic carbocycles. The summed E-state index contributed by atoms with van der Waals surface area (Å²) >= 11 is 0. The Morgan fingerprint density at radius 2 is 1.51 bits per heavy atom. The van der Waals surface area contributed by atoms with Crippen LogP contribution < -0.4 is 5.32 Å². The summed E-state index contributed by atoms with van der Waals surface area (Å²) in [5.74, 6) is -0.625. The van der Waals surface area contributed by atoms with Gasteiger partial charge in [-0.3, -0.25) is 0 Å². The molecule has 0 radical (unpaired) electrons. The Kier molecular flexibility index (Phi) is 9.65. The topological polar surface area (TPSA) is 92.3 Å². The molecular weight excluding hydrogens is 450 g/mol. The maximum atomic E-state index is 12.9. The summed E-state index contributed by atoms with van der Waals surface area (Å²) in [6, 6.07) is 18.5. The van der Waals surface area contributed by atoms with Crippen LogP contribution in [-0.4, -0.2) is 55.2 Å². The van der Waals surface area contributed by atoms with E-state index in [1.54, 1.807) is 27.7 Å². The highest BCUT2D eigenvalue weighted by Gasteiger charge is 2.36. The summed E-state index contributed by atoms with van der Waals surface area (Å²) in [6.45, 7) is 7.73. The summed E-state index contributed by atoms with van der Waals surface area (Å²) in [5.41, 5.74) is 1.29. The van der Waals surface area contributed by atoms with E-state index < -0.39 is 42.0 Å².